The molecule has 2 aromatic rings. The van der Waals surface area contributed by atoms with Crippen molar-refractivity contribution in [2.75, 3.05) is 10.6 Å². The second kappa shape index (κ2) is 5.90. The number of fused-ring (bicyclic) bond motifs is 1. The number of hydrogen-bond donors (Lipinski definition) is 3. The summed E-state index contributed by atoms with van der Waals surface area (Å²) in [7, 11) is 0. The smallest absolute Gasteiger partial charge is 0.261 e. The van der Waals surface area contributed by atoms with Crippen molar-refractivity contribution < 1.29 is 19.5 Å². The van der Waals surface area contributed by atoms with Crippen LogP contribution in [0.4, 0.5) is 11.4 Å². The number of amides is 2. The number of aliphatic hydroxyl groups is 1. The monoisotopic (exact) mass is 324 g/mol. The van der Waals surface area contributed by atoms with E-state index in [4.69, 9.17) is 0 Å². The molecule has 0 saturated carbocycles. The lowest BCUT2D eigenvalue weighted by Crippen LogP contribution is -2.36. The maximum absolute atomic E-state index is 12.5. The molecule has 1 heterocycles. The Morgan fingerprint density at radius 2 is 1.79 bits per heavy atom. The third kappa shape index (κ3) is 2.79. The highest BCUT2D eigenvalue weighted by Crippen LogP contribution is 2.38. The third-order valence-corrected chi connectivity index (χ3v) is 3.94. The second-order valence-corrected chi connectivity index (χ2v) is 5.72. The Bertz CT molecular complexity index is 829. The molecule has 6 heteroatoms. The lowest BCUT2D eigenvalue weighted by Gasteiger charge is -2.20. The SMILES string of the molecule is CC(=O)Nc1ccc(C(=O)CC2(O)C(=O)Nc3ccccc32)cc1. The molecule has 3 rings (SSSR count). The fourth-order valence-corrected chi connectivity index (χ4v) is 2.75. The van der Waals surface area contributed by atoms with Crippen LogP contribution in [0.3, 0.4) is 0 Å². The maximum Gasteiger partial charge on any atom is 0.261 e. The zero-order valence-electron chi connectivity index (χ0n) is 13.0. The van der Waals surface area contributed by atoms with Crippen LogP contribution in [0.1, 0.15) is 29.3 Å². The van der Waals surface area contributed by atoms with Crippen LogP contribution >= 0.6 is 0 Å². The van der Waals surface area contributed by atoms with Gasteiger partial charge in [-0.1, -0.05) is 18.2 Å². The number of rotatable bonds is 4. The van der Waals surface area contributed by atoms with E-state index in [9.17, 15) is 19.5 Å². The lowest BCUT2D eigenvalue weighted by molar-refractivity contribution is -0.133. The van der Waals surface area contributed by atoms with Gasteiger partial charge in [0.1, 0.15) is 0 Å². The minimum absolute atomic E-state index is 0.206. The number of Topliss-reactive ketones (excluding diaryl/α,β-unsaturated/α-hetero) is 1. The van der Waals surface area contributed by atoms with Gasteiger partial charge in [0.25, 0.3) is 5.91 Å². The Kier molecular flexibility index (Phi) is 3.91. The van der Waals surface area contributed by atoms with Gasteiger partial charge >= 0.3 is 0 Å². The first-order chi connectivity index (χ1) is 11.4. The quantitative estimate of drug-likeness (QED) is 0.750. The van der Waals surface area contributed by atoms with E-state index in [0.29, 0.717) is 22.5 Å². The van der Waals surface area contributed by atoms with Gasteiger partial charge in [-0.05, 0) is 30.3 Å². The topological polar surface area (TPSA) is 95.5 Å². The maximum atomic E-state index is 12.5. The van der Waals surface area contributed by atoms with Gasteiger partial charge in [0, 0.05) is 29.4 Å². The largest absolute Gasteiger partial charge is 0.375 e. The average Bonchev–Trinajstić information content (AvgIpc) is 2.79. The zero-order chi connectivity index (χ0) is 17.3. The molecule has 0 spiro atoms. The van der Waals surface area contributed by atoms with Gasteiger partial charge in [-0.3, -0.25) is 14.4 Å². The Balaban J connectivity index is 1.82. The summed E-state index contributed by atoms with van der Waals surface area (Å²) in [6, 6.07) is 13.1. The average molecular weight is 324 g/mol. The predicted octanol–water partition coefficient (Wildman–Crippen LogP) is 2.06. The standard InChI is InChI=1S/C18H16N2O4/c1-11(21)19-13-8-6-12(7-9-13)16(22)10-18(24)14-4-2-3-5-15(14)20-17(18)23/h2-9,24H,10H2,1H3,(H,19,21)(H,20,23). The summed E-state index contributed by atoms with van der Waals surface area (Å²) < 4.78 is 0. The van der Waals surface area contributed by atoms with Crippen LogP contribution in [0.5, 0.6) is 0 Å². The molecule has 0 aliphatic carbocycles. The highest BCUT2D eigenvalue weighted by molar-refractivity contribution is 6.09. The summed E-state index contributed by atoms with van der Waals surface area (Å²) in [5, 5.41) is 15.9. The molecule has 0 aromatic heterocycles. The van der Waals surface area contributed by atoms with Crippen LogP contribution < -0.4 is 10.6 Å². The summed E-state index contributed by atoms with van der Waals surface area (Å²) in [5.74, 6) is -1.17. The minimum atomic E-state index is -1.87. The number of benzene rings is 2. The molecule has 122 valence electrons. The van der Waals surface area contributed by atoms with Crippen molar-refractivity contribution in [3.8, 4) is 0 Å². The fraction of sp³-hybridized carbons (Fsp3) is 0.167. The van der Waals surface area contributed by atoms with Crippen LogP contribution in [-0.4, -0.2) is 22.7 Å². The van der Waals surface area contributed by atoms with Crippen molar-refractivity contribution in [3.05, 3.63) is 59.7 Å². The molecule has 1 atom stereocenters. The Morgan fingerprint density at radius 3 is 2.46 bits per heavy atom. The number of carbonyl (C=O) groups is 3. The summed E-state index contributed by atoms with van der Waals surface area (Å²) in [6.07, 6.45) is -0.352. The van der Waals surface area contributed by atoms with E-state index in [1.54, 1.807) is 48.5 Å². The molecule has 2 amide bonds. The summed E-state index contributed by atoms with van der Waals surface area (Å²) in [4.78, 5) is 35.6. The first-order valence-electron chi connectivity index (χ1n) is 7.44. The van der Waals surface area contributed by atoms with E-state index in [0.717, 1.165) is 0 Å². The fourth-order valence-electron chi connectivity index (χ4n) is 2.75. The van der Waals surface area contributed by atoms with Crippen molar-refractivity contribution in [2.24, 2.45) is 0 Å². The molecule has 2 aromatic carbocycles. The molecule has 0 bridgehead atoms. The van der Waals surface area contributed by atoms with Crippen molar-refractivity contribution in [1.29, 1.82) is 0 Å². The van der Waals surface area contributed by atoms with Gasteiger partial charge in [0.15, 0.2) is 11.4 Å². The first kappa shape index (κ1) is 15.9. The first-order valence-corrected chi connectivity index (χ1v) is 7.44. The van der Waals surface area contributed by atoms with E-state index in [1.165, 1.54) is 6.92 Å². The van der Waals surface area contributed by atoms with Gasteiger partial charge in [-0.15, -0.1) is 0 Å². The van der Waals surface area contributed by atoms with Crippen LogP contribution in [0.15, 0.2) is 48.5 Å². The van der Waals surface area contributed by atoms with Crippen LogP contribution in [0.2, 0.25) is 0 Å². The highest BCUT2D eigenvalue weighted by Gasteiger charge is 2.46. The molecule has 6 nitrogen and oxygen atoms in total. The number of para-hydroxylation sites is 1. The third-order valence-electron chi connectivity index (χ3n) is 3.94. The Labute approximate surface area is 138 Å². The number of ketones is 1. The second-order valence-electron chi connectivity index (χ2n) is 5.72. The van der Waals surface area contributed by atoms with Crippen LogP contribution in [0.25, 0.3) is 0 Å². The summed E-state index contributed by atoms with van der Waals surface area (Å²) in [5.41, 5.74) is -0.0299. The molecule has 0 fully saturated rings. The van der Waals surface area contributed by atoms with Crippen molar-refractivity contribution in [1.82, 2.24) is 0 Å². The summed E-state index contributed by atoms with van der Waals surface area (Å²) in [6.45, 7) is 1.39. The van der Waals surface area contributed by atoms with Gasteiger partial charge in [-0.25, -0.2) is 0 Å². The zero-order valence-corrected chi connectivity index (χ0v) is 13.0. The molecule has 0 radical (unpaired) electrons. The molecule has 24 heavy (non-hydrogen) atoms. The van der Waals surface area contributed by atoms with Crippen molar-refractivity contribution >= 4 is 29.0 Å². The van der Waals surface area contributed by atoms with Crippen molar-refractivity contribution in [3.63, 3.8) is 0 Å². The lowest BCUT2D eigenvalue weighted by atomic mass is 9.88. The van der Waals surface area contributed by atoms with E-state index in [1.807, 2.05) is 0 Å². The van der Waals surface area contributed by atoms with Gasteiger partial charge in [0.2, 0.25) is 5.91 Å². The molecule has 1 unspecified atom stereocenters. The molecule has 3 N–H and O–H groups in total. The Morgan fingerprint density at radius 1 is 1.12 bits per heavy atom. The normalized spacial score (nSPS) is 18.7. The number of carbonyl (C=O) groups excluding carboxylic acids is 3. The predicted molar refractivity (Wildman–Crippen MR) is 88.7 cm³/mol. The van der Waals surface area contributed by atoms with E-state index in [-0.39, 0.29) is 18.1 Å². The molecule has 1 aliphatic heterocycles. The van der Waals surface area contributed by atoms with Gasteiger partial charge in [-0.2, -0.15) is 0 Å². The number of hydrogen-bond acceptors (Lipinski definition) is 4. The van der Waals surface area contributed by atoms with Crippen molar-refractivity contribution in [2.45, 2.75) is 18.9 Å². The summed E-state index contributed by atoms with van der Waals surface area (Å²) >= 11 is 0. The molecular weight excluding hydrogens is 308 g/mol. The Hall–Kier alpha value is -2.99. The minimum Gasteiger partial charge on any atom is -0.375 e. The van der Waals surface area contributed by atoms with E-state index < -0.39 is 11.5 Å². The van der Waals surface area contributed by atoms with Crippen LogP contribution in [0, 0.1) is 0 Å². The molecular formula is C18H16N2O4. The van der Waals surface area contributed by atoms with Gasteiger partial charge < -0.3 is 15.7 Å². The number of anilines is 2. The van der Waals surface area contributed by atoms with Gasteiger partial charge in [0.05, 0.1) is 6.42 Å². The number of nitrogens with one attached hydrogen (secondary N) is 2. The molecule has 0 saturated heterocycles. The highest BCUT2D eigenvalue weighted by atomic mass is 16.3. The molecule has 1 aliphatic rings. The van der Waals surface area contributed by atoms with E-state index >= 15 is 0 Å². The van der Waals surface area contributed by atoms with E-state index in [2.05, 4.69) is 10.6 Å². The van der Waals surface area contributed by atoms with Crippen LogP contribution in [-0.2, 0) is 15.2 Å².